The van der Waals surface area contributed by atoms with E-state index in [9.17, 15) is 4.79 Å². The lowest BCUT2D eigenvalue weighted by Gasteiger charge is -2.11. The zero-order valence-electron chi connectivity index (χ0n) is 11.3. The lowest BCUT2D eigenvalue weighted by molar-refractivity contribution is -0.121. The van der Waals surface area contributed by atoms with Gasteiger partial charge in [-0.1, -0.05) is 0 Å². The average molecular weight is 263 g/mol. The molecule has 0 spiro atoms. The summed E-state index contributed by atoms with van der Waals surface area (Å²) < 4.78 is 2.11. The number of aromatic nitrogens is 1. The quantitative estimate of drug-likeness (QED) is 0.570. The van der Waals surface area contributed by atoms with Gasteiger partial charge in [0.2, 0.25) is 0 Å². The van der Waals surface area contributed by atoms with E-state index in [4.69, 9.17) is 12.2 Å². The first-order chi connectivity index (χ1) is 8.34. The molecule has 1 aliphatic rings. The summed E-state index contributed by atoms with van der Waals surface area (Å²) in [5.74, 6) is -0.0524. The molecule has 0 N–H and O–H groups in total. The van der Waals surface area contributed by atoms with E-state index in [1.54, 1.807) is 11.9 Å². The van der Waals surface area contributed by atoms with Gasteiger partial charge in [0.1, 0.15) is 5.70 Å². The highest BCUT2D eigenvalue weighted by atomic mass is 32.1. The van der Waals surface area contributed by atoms with Gasteiger partial charge >= 0.3 is 0 Å². The molecule has 4 nitrogen and oxygen atoms in total. The van der Waals surface area contributed by atoms with Gasteiger partial charge in [-0.15, -0.1) is 0 Å². The van der Waals surface area contributed by atoms with Gasteiger partial charge in [0.15, 0.2) is 5.11 Å². The Kier molecular flexibility index (Phi) is 3.02. The molecule has 0 aliphatic carbocycles. The first-order valence-corrected chi connectivity index (χ1v) is 6.15. The van der Waals surface area contributed by atoms with Crippen LogP contribution < -0.4 is 0 Å². The number of hydrogen-bond acceptors (Lipinski definition) is 2. The van der Waals surface area contributed by atoms with E-state index in [0.29, 0.717) is 10.8 Å². The molecule has 1 aromatic rings. The van der Waals surface area contributed by atoms with Crippen LogP contribution in [0.5, 0.6) is 0 Å². The molecular formula is C13H17N3OS. The molecule has 1 aliphatic heterocycles. The Labute approximate surface area is 112 Å². The molecule has 0 saturated carbocycles. The summed E-state index contributed by atoms with van der Waals surface area (Å²) >= 11 is 5.18. The molecule has 1 fully saturated rings. The Bertz CT molecular complexity index is 571. The van der Waals surface area contributed by atoms with Crippen molar-refractivity contribution in [1.82, 2.24) is 14.4 Å². The number of likely N-dealkylation sites (N-methyl/N-ethyl adjacent to an activating group) is 2. The van der Waals surface area contributed by atoms with Crippen LogP contribution in [0.15, 0.2) is 11.8 Å². The Morgan fingerprint density at radius 1 is 1.17 bits per heavy atom. The van der Waals surface area contributed by atoms with Crippen molar-refractivity contribution in [3.63, 3.8) is 0 Å². The van der Waals surface area contributed by atoms with E-state index < -0.39 is 0 Å². The van der Waals surface area contributed by atoms with Crippen LogP contribution >= 0.6 is 12.2 Å². The van der Waals surface area contributed by atoms with Crippen molar-refractivity contribution in [3.8, 4) is 0 Å². The van der Waals surface area contributed by atoms with E-state index in [-0.39, 0.29) is 5.91 Å². The van der Waals surface area contributed by atoms with Gasteiger partial charge < -0.3 is 9.47 Å². The topological polar surface area (TPSA) is 28.5 Å². The zero-order chi connectivity index (χ0) is 13.6. The smallest absolute Gasteiger partial charge is 0.276 e. The van der Waals surface area contributed by atoms with E-state index in [1.807, 2.05) is 34.0 Å². The average Bonchev–Trinajstić information content (AvgIpc) is 2.68. The highest BCUT2D eigenvalue weighted by molar-refractivity contribution is 7.80. The standard InChI is InChI=1S/C13H17N3OS/c1-8-6-10(9(2)14(8)3)7-11-12(17)16(5)13(18)15(11)4/h6-7H,1-5H3/b11-7-. The highest BCUT2D eigenvalue weighted by Crippen LogP contribution is 2.23. The minimum atomic E-state index is -0.0524. The summed E-state index contributed by atoms with van der Waals surface area (Å²) in [7, 11) is 5.54. The molecule has 1 aromatic heterocycles. The summed E-state index contributed by atoms with van der Waals surface area (Å²) in [6.07, 6.45) is 1.90. The predicted molar refractivity (Wildman–Crippen MR) is 76.0 cm³/mol. The molecule has 96 valence electrons. The fourth-order valence-electron chi connectivity index (χ4n) is 2.07. The molecule has 0 unspecified atom stereocenters. The third-order valence-electron chi connectivity index (χ3n) is 3.57. The van der Waals surface area contributed by atoms with Crippen LogP contribution in [0.1, 0.15) is 17.0 Å². The Hall–Kier alpha value is -1.62. The Morgan fingerprint density at radius 2 is 1.78 bits per heavy atom. The second-order valence-electron chi connectivity index (χ2n) is 4.62. The predicted octanol–water partition coefficient (Wildman–Crippen LogP) is 1.67. The number of carbonyl (C=O) groups is 1. The lowest BCUT2D eigenvalue weighted by atomic mass is 10.2. The largest absolute Gasteiger partial charge is 0.352 e. The summed E-state index contributed by atoms with van der Waals surface area (Å²) in [4.78, 5) is 15.3. The third kappa shape index (κ3) is 1.75. The number of hydrogen-bond donors (Lipinski definition) is 0. The van der Waals surface area contributed by atoms with Crippen LogP contribution in [0, 0.1) is 13.8 Å². The molecule has 18 heavy (non-hydrogen) atoms. The van der Waals surface area contributed by atoms with Crippen LogP contribution in [0.3, 0.4) is 0 Å². The second kappa shape index (κ2) is 4.24. The Balaban J connectivity index is 2.48. The van der Waals surface area contributed by atoms with Crippen molar-refractivity contribution in [1.29, 1.82) is 0 Å². The van der Waals surface area contributed by atoms with E-state index in [0.717, 1.165) is 11.3 Å². The first kappa shape index (κ1) is 12.8. The van der Waals surface area contributed by atoms with Crippen molar-refractivity contribution < 1.29 is 4.79 Å². The van der Waals surface area contributed by atoms with Crippen molar-refractivity contribution in [2.24, 2.45) is 7.05 Å². The maximum Gasteiger partial charge on any atom is 0.276 e. The SMILES string of the molecule is Cc1cc(/C=C2/C(=O)N(C)C(=S)N2C)c(C)n1C. The molecule has 0 bridgehead atoms. The monoisotopic (exact) mass is 263 g/mol. The Morgan fingerprint density at radius 3 is 2.17 bits per heavy atom. The van der Waals surface area contributed by atoms with E-state index in [2.05, 4.69) is 10.6 Å². The molecule has 0 radical (unpaired) electrons. The van der Waals surface area contributed by atoms with Crippen LogP contribution in [-0.4, -0.2) is 39.5 Å². The first-order valence-electron chi connectivity index (χ1n) is 5.75. The van der Waals surface area contributed by atoms with Crippen molar-refractivity contribution in [2.75, 3.05) is 14.1 Å². The van der Waals surface area contributed by atoms with Crippen LogP contribution in [-0.2, 0) is 11.8 Å². The molecule has 1 amide bonds. The summed E-state index contributed by atoms with van der Waals surface area (Å²) in [6, 6.07) is 2.07. The number of aryl methyl sites for hydroxylation is 1. The highest BCUT2D eigenvalue weighted by Gasteiger charge is 2.32. The number of nitrogens with zero attached hydrogens (tertiary/aromatic N) is 3. The van der Waals surface area contributed by atoms with Crippen LogP contribution in [0.25, 0.3) is 6.08 Å². The summed E-state index contributed by atoms with van der Waals surface area (Å²) in [6.45, 7) is 4.09. The third-order valence-corrected chi connectivity index (χ3v) is 4.11. The number of amides is 1. The lowest BCUT2D eigenvalue weighted by Crippen LogP contribution is -2.26. The molecule has 0 atom stereocenters. The van der Waals surface area contributed by atoms with Gasteiger partial charge in [-0.05, 0) is 43.8 Å². The number of thiocarbonyl (C=S) groups is 1. The minimum absolute atomic E-state index is 0.0524. The van der Waals surface area contributed by atoms with Crippen molar-refractivity contribution >= 4 is 29.3 Å². The molecule has 0 aromatic carbocycles. The molecule has 5 heteroatoms. The normalized spacial score (nSPS) is 18.4. The maximum absolute atomic E-state index is 12.1. The number of rotatable bonds is 1. The van der Waals surface area contributed by atoms with E-state index >= 15 is 0 Å². The fraction of sp³-hybridized carbons (Fsp3) is 0.385. The fourth-order valence-corrected chi connectivity index (χ4v) is 2.25. The zero-order valence-corrected chi connectivity index (χ0v) is 12.1. The van der Waals surface area contributed by atoms with Gasteiger partial charge in [0.05, 0.1) is 0 Å². The van der Waals surface area contributed by atoms with Gasteiger partial charge in [-0.2, -0.15) is 0 Å². The maximum atomic E-state index is 12.1. The molecule has 1 saturated heterocycles. The minimum Gasteiger partial charge on any atom is -0.352 e. The van der Waals surface area contributed by atoms with Gasteiger partial charge in [-0.3, -0.25) is 9.69 Å². The van der Waals surface area contributed by atoms with Crippen molar-refractivity contribution in [3.05, 3.63) is 28.7 Å². The van der Waals surface area contributed by atoms with Gasteiger partial charge in [0.25, 0.3) is 5.91 Å². The summed E-state index contributed by atoms with van der Waals surface area (Å²) in [5.41, 5.74) is 3.99. The summed E-state index contributed by atoms with van der Waals surface area (Å²) in [5, 5.41) is 0.538. The molecule has 2 heterocycles. The van der Waals surface area contributed by atoms with Crippen LogP contribution in [0.2, 0.25) is 0 Å². The number of carbonyl (C=O) groups excluding carboxylic acids is 1. The van der Waals surface area contributed by atoms with E-state index in [1.165, 1.54) is 10.6 Å². The van der Waals surface area contributed by atoms with Crippen molar-refractivity contribution in [2.45, 2.75) is 13.8 Å². The van der Waals surface area contributed by atoms with Crippen LogP contribution in [0.4, 0.5) is 0 Å². The second-order valence-corrected chi connectivity index (χ2v) is 4.99. The molecule has 2 rings (SSSR count). The molecular weight excluding hydrogens is 246 g/mol. The van der Waals surface area contributed by atoms with Gasteiger partial charge in [-0.25, -0.2) is 0 Å². The van der Waals surface area contributed by atoms with Gasteiger partial charge in [0, 0.05) is 32.5 Å².